The summed E-state index contributed by atoms with van der Waals surface area (Å²) in [6, 6.07) is 0.240. The van der Waals surface area contributed by atoms with Crippen LogP contribution in [-0.4, -0.2) is 44.7 Å². The van der Waals surface area contributed by atoms with Crippen LogP contribution in [-0.2, 0) is 18.4 Å². The Morgan fingerprint density at radius 2 is 2.25 bits per heavy atom. The lowest BCUT2D eigenvalue weighted by atomic mass is 9.94. The molecule has 0 bridgehead atoms. The molecule has 112 valence electrons. The minimum absolute atomic E-state index is 0.128. The van der Waals surface area contributed by atoms with Gasteiger partial charge in [-0.05, 0) is 19.4 Å². The van der Waals surface area contributed by atoms with E-state index in [-0.39, 0.29) is 17.4 Å². The molecule has 1 unspecified atom stereocenters. The monoisotopic (exact) mass is 279 g/mol. The van der Waals surface area contributed by atoms with Crippen LogP contribution in [0.5, 0.6) is 0 Å². The SMILES string of the molecule is Cn1ncnc1CN1CCCC(NC(=O)C(C)(C)C)C1. The number of likely N-dealkylation sites (tertiary alicyclic amines) is 1. The van der Waals surface area contributed by atoms with Crippen LogP contribution >= 0.6 is 0 Å². The van der Waals surface area contributed by atoms with Crippen molar-refractivity contribution in [2.75, 3.05) is 13.1 Å². The number of hydrogen-bond acceptors (Lipinski definition) is 4. The molecule has 20 heavy (non-hydrogen) atoms. The molecule has 1 amide bonds. The molecule has 0 spiro atoms. The predicted octanol–water partition coefficient (Wildman–Crippen LogP) is 0.942. The van der Waals surface area contributed by atoms with Gasteiger partial charge in [-0.15, -0.1) is 0 Å². The second-order valence-electron chi connectivity index (χ2n) is 6.60. The molecule has 0 radical (unpaired) electrons. The Balaban J connectivity index is 1.89. The third-order valence-corrected chi connectivity index (χ3v) is 3.69. The van der Waals surface area contributed by atoms with E-state index in [2.05, 4.69) is 20.3 Å². The molecule has 0 saturated carbocycles. The Morgan fingerprint density at radius 1 is 1.50 bits per heavy atom. The lowest BCUT2D eigenvalue weighted by Crippen LogP contribution is -2.50. The summed E-state index contributed by atoms with van der Waals surface area (Å²) in [6.45, 7) is 8.56. The van der Waals surface area contributed by atoms with Crippen LogP contribution in [0.25, 0.3) is 0 Å². The van der Waals surface area contributed by atoms with Gasteiger partial charge in [-0.25, -0.2) is 4.98 Å². The first-order valence-electron chi connectivity index (χ1n) is 7.22. The molecule has 1 aliphatic heterocycles. The summed E-state index contributed by atoms with van der Waals surface area (Å²) in [4.78, 5) is 18.6. The van der Waals surface area contributed by atoms with Crippen molar-refractivity contribution in [3.63, 3.8) is 0 Å². The van der Waals surface area contributed by atoms with Crippen molar-refractivity contribution in [1.29, 1.82) is 0 Å². The molecule has 1 N–H and O–H groups in total. The highest BCUT2D eigenvalue weighted by Crippen LogP contribution is 2.17. The van der Waals surface area contributed by atoms with Gasteiger partial charge in [0.25, 0.3) is 0 Å². The van der Waals surface area contributed by atoms with Crippen molar-refractivity contribution in [3.05, 3.63) is 12.2 Å². The molecule has 0 aromatic carbocycles. The number of aryl methyl sites for hydroxylation is 1. The Hall–Kier alpha value is -1.43. The van der Waals surface area contributed by atoms with E-state index in [4.69, 9.17) is 0 Å². The largest absolute Gasteiger partial charge is 0.352 e. The molecule has 1 saturated heterocycles. The molecule has 0 aliphatic carbocycles. The van der Waals surface area contributed by atoms with Gasteiger partial charge in [0, 0.05) is 25.0 Å². The molecular weight excluding hydrogens is 254 g/mol. The van der Waals surface area contributed by atoms with Crippen molar-refractivity contribution < 1.29 is 4.79 Å². The zero-order valence-corrected chi connectivity index (χ0v) is 12.9. The Kier molecular flexibility index (Phi) is 4.42. The molecule has 1 fully saturated rings. The van der Waals surface area contributed by atoms with Crippen molar-refractivity contribution >= 4 is 5.91 Å². The van der Waals surface area contributed by atoms with E-state index < -0.39 is 0 Å². The number of carbonyl (C=O) groups excluding carboxylic acids is 1. The van der Waals surface area contributed by atoms with E-state index in [1.54, 1.807) is 11.0 Å². The molecule has 6 nitrogen and oxygen atoms in total. The summed E-state index contributed by atoms with van der Waals surface area (Å²) < 4.78 is 1.80. The average molecular weight is 279 g/mol. The van der Waals surface area contributed by atoms with E-state index >= 15 is 0 Å². The summed E-state index contributed by atoms with van der Waals surface area (Å²) in [5.41, 5.74) is -0.328. The third-order valence-electron chi connectivity index (χ3n) is 3.69. The van der Waals surface area contributed by atoms with Gasteiger partial charge in [-0.3, -0.25) is 14.4 Å². The van der Waals surface area contributed by atoms with Crippen LogP contribution in [0.3, 0.4) is 0 Å². The summed E-state index contributed by atoms with van der Waals surface area (Å²) in [6.07, 6.45) is 3.74. The Morgan fingerprint density at radius 3 is 2.85 bits per heavy atom. The molecule has 1 aromatic rings. The standard InChI is InChI=1S/C14H25N5O/c1-14(2,3)13(20)17-11-6-5-7-19(8-11)9-12-15-10-16-18(12)4/h10-11H,5-9H2,1-4H3,(H,17,20). The lowest BCUT2D eigenvalue weighted by molar-refractivity contribution is -0.129. The van der Waals surface area contributed by atoms with E-state index in [9.17, 15) is 4.79 Å². The topological polar surface area (TPSA) is 63.1 Å². The maximum atomic E-state index is 12.1. The number of nitrogens with zero attached hydrogens (tertiary/aromatic N) is 4. The summed E-state index contributed by atoms with van der Waals surface area (Å²) in [5.74, 6) is 1.09. The minimum atomic E-state index is -0.328. The van der Waals surface area contributed by atoms with Crippen molar-refractivity contribution in [2.24, 2.45) is 12.5 Å². The maximum Gasteiger partial charge on any atom is 0.225 e. The van der Waals surface area contributed by atoms with Gasteiger partial charge >= 0.3 is 0 Å². The normalized spacial score (nSPS) is 20.9. The van der Waals surface area contributed by atoms with Crippen LogP contribution < -0.4 is 5.32 Å². The van der Waals surface area contributed by atoms with Crippen LogP contribution in [0, 0.1) is 5.41 Å². The van der Waals surface area contributed by atoms with Crippen molar-refractivity contribution in [3.8, 4) is 0 Å². The highest BCUT2D eigenvalue weighted by molar-refractivity contribution is 5.81. The average Bonchev–Trinajstić information content (AvgIpc) is 2.74. The van der Waals surface area contributed by atoms with Gasteiger partial charge in [0.05, 0.1) is 6.54 Å². The molecule has 6 heteroatoms. The Labute approximate surface area is 120 Å². The fourth-order valence-corrected chi connectivity index (χ4v) is 2.38. The van der Waals surface area contributed by atoms with E-state index in [1.807, 2.05) is 27.8 Å². The van der Waals surface area contributed by atoms with Gasteiger partial charge in [-0.2, -0.15) is 5.10 Å². The fourth-order valence-electron chi connectivity index (χ4n) is 2.38. The van der Waals surface area contributed by atoms with Gasteiger partial charge in [-0.1, -0.05) is 20.8 Å². The molecule has 2 heterocycles. The van der Waals surface area contributed by atoms with E-state index in [0.717, 1.165) is 38.3 Å². The molecule has 1 aliphatic rings. The van der Waals surface area contributed by atoms with Crippen molar-refractivity contribution in [2.45, 2.75) is 46.2 Å². The molecule has 1 aromatic heterocycles. The highest BCUT2D eigenvalue weighted by atomic mass is 16.2. The number of piperidine rings is 1. The predicted molar refractivity (Wildman–Crippen MR) is 76.9 cm³/mol. The van der Waals surface area contributed by atoms with Crippen LogP contribution in [0.15, 0.2) is 6.33 Å². The second-order valence-corrected chi connectivity index (χ2v) is 6.60. The van der Waals surface area contributed by atoms with Gasteiger partial charge in [0.2, 0.25) is 5.91 Å². The first-order chi connectivity index (χ1) is 9.36. The zero-order chi connectivity index (χ0) is 14.8. The number of amides is 1. The maximum absolute atomic E-state index is 12.1. The number of rotatable bonds is 3. The first-order valence-corrected chi connectivity index (χ1v) is 7.22. The van der Waals surface area contributed by atoms with Gasteiger partial charge < -0.3 is 5.32 Å². The highest BCUT2D eigenvalue weighted by Gasteiger charge is 2.27. The third kappa shape index (κ3) is 3.79. The van der Waals surface area contributed by atoms with E-state index in [1.165, 1.54) is 0 Å². The van der Waals surface area contributed by atoms with E-state index in [0.29, 0.717) is 0 Å². The summed E-state index contributed by atoms with van der Waals surface area (Å²) >= 11 is 0. The minimum Gasteiger partial charge on any atom is -0.352 e. The van der Waals surface area contributed by atoms with Gasteiger partial charge in [0.15, 0.2) is 0 Å². The Bertz CT molecular complexity index is 462. The molecule has 1 atom stereocenters. The van der Waals surface area contributed by atoms with Crippen LogP contribution in [0.2, 0.25) is 0 Å². The number of carbonyl (C=O) groups is 1. The first kappa shape index (κ1) is 15.0. The smallest absolute Gasteiger partial charge is 0.225 e. The second kappa shape index (κ2) is 5.91. The number of hydrogen-bond donors (Lipinski definition) is 1. The molecule has 2 rings (SSSR count). The quantitative estimate of drug-likeness (QED) is 0.894. The fraction of sp³-hybridized carbons (Fsp3) is 0.786. The van der Waals surface area contributed by atoms with Gasteiger partial charge in [0.1, 0.15) is 12.2 Å². The zero-order valence-electron chi connectivity index (χ0n) is 12.9. The number of nitrogens with one attached hydrogen (secondary N) is 1. The lowest BCUT2D eigenvalue weighted by Gasteiger charge is -2.34. The number of aromatic nitrogens is 3. The van der Waals surface area contributed by atoms with Crippen LogP contribution in [0.1, 0.15) is 39.4 Å². The summed E-state index contributed by atoms with van der Waals surface area (Å²) in [5, 5.41) is 7.25. The van der Waals surface area contributed by atoms with Crippen molar-refractivity contribution in [1.82, 2.24) is 25.0 Å². The molecular formula is C14H25N5O. The summed E-state index contributed by atoms with van der Waals surface area (Å²) in [7, 11) is 1.91. The van der Waals surface area contributed by atoms with Crippen LogP contribution in [0.4, 0.5) is 0 Å².